The molecule has 2 aliphatic heterocycles. The molecule has 2 heterocycles. The average molecular weight is 420 g/mol. The summed E-state index contributed by atoms with van der Waals surface area (Å²) < 4.78 is 48.4. The van der Waals surface area contributed by atoms with Gasteiger partial charge in [-0.15, -0.1) is 0 Å². The van der Waals surface area contributed by atoms with Crippen LogP contribution in [-0.4, -0.2) is 46.7 Å². The third-order valence-electron chi connectivity index (χ3n) is 5.21. The smallest absolute Gasteiger partial charge is 0.264 e. The molecule has 1 saturated heterocycles. The van der Waals surface area contributed by atoms with E-state index in [0.717, 1.165) is 43.5 Å². The van der Waals surface area contributed by atoms with Gasteiger partial charge in [0, 0.05) is 26.2 Å². The number of benzene rings is 2. The average Bonchev–Trinajstić information content (AvgIpc) is 2.67. The lowest BCUT2D eigenvalue weighted by molar-refractivity contribution is 0.111. The van der Waals surface area contributed by atoms with Crippen LogP contribution in [0.5, 0.6) is 5.75 Å². The summed E-state index contributed by atoms with van der Waals surface area (Å²) in [5.41, 5.74) is 1.61. The van der Waals surface area contributed by atoms with Crippen molar-refractivity contribution in [3.63, 3.8) is 0 Å². The number of nitrogens with one attached hydrogen (secondary N) is 1. The van der Waals surface area contributed by atoms with Crippen molar-refractivity contribution in [2.45, 2.75) is 31.3 Å². The van der Waals surface area contributed by atoms with Gasteiger partial charge in [0.2, 0.25) is 0 Å². The molecule has 0 amide bonds. The second-order valence-corrected chi connectivity index (χ2v) is 10.1. The fourth-order valence-electron chi connectivity index (χ4n) is 3.87. The zero-order chi connectivity index (χ0) is 20.8. The van der Waals surface area contributed by atoms with Gasteiger partial charge >= 0.3 is 0 Å². The Morgan fingerprint density at radius 2 is 1.79 bits per heavy atom. The van der Waals surface area contributed by atoms with Crippen molar-refractivity contribution in [1.82, 2.24) is 5.32 Å². The SMILES string of the molecule is Cc1cc(N2CCNCC2)c2c(c1)N(S(=O)(=O)c1cccc(F)c1)CC(C)(C)O2. The van der Waals surface area contributed by atoms with Crippen LogP contribution in [0.4, 0.5) is 15.8 Å². The molecule has 0 aromatic heterocycles. The van der Waals surface area contributed by atoms with E-state index >= 15 is 0 Å². The van der Waals surface area contributed by atoms with E-state index in [1.165, 1.54) is 22.5 Å². The molecule has 0 atom stereocenters. The van der Waals surface area contributed by atoms with E-state index in [9.17, 15) is 12.8 Å². The minimum Gasteiger partial charge on any atom is -0.482 e. The van der Waals surface area contributed by atoms with Crippen molar-refractivity contribution >= 4 is 21.4 Å². The molecule has 1 fully saturated rings. The van der Waals surface area contributed by atoms with Gasteiger partial charge in [-0.1, -0.05) is 6.07 Å². The summed E-state index contributed by atoms with van der Waals surface area (Å²) in [6.07, 6.45) is 0. The largest absolute Gasteiger partial charge is 0.482 e. The first-order valence-corrected chi connectivity index (χ1v) is 11.2. The minimum absolute atomic E-state index is 0.0635. The number of rotatable bonds is 3. The lowest BCUT2D eigenvalue weighted by Gasteiger charge is -2.42. The number of hydrogen-bond acceptors (Lipinski definition) is 5. The van der Waals surface area contributed by atoms with Crippen molar-refractivity contribution in [3.8, 4) is 5.75 Å². The number of piperazine rings is 1. The van der Waals surface area contributed by atoms with Crippen LogP contribution in [0.1, 0.15) is 19.4 Å². The molecule has 0 bridgehead atoms. The highest BCUT2D eigenvalue weighted by atomic mass is 32.2. The van der Waals surface area contributed by atoms with E-state index < -0.39 is 21.4 Å². The third kappa shape index (κ3) is 3.79. The Morgan fingerprint density at radius 3 is 2.48 bits per heavy atom. The second-order valence-electron chi connectivity index (χ2n) is 8.20. The highest BCUT2D eigenvalue weighted by Gasteiger charge is 2.40. The van der Waals surface area contributed by atoms with Gasteiger partial charge < -0.3 is 15.0 Å². The number of nitrogens with zero attached hydrogens (tertiary/aromatic N) is 2. The van der Waals surface area contributed by atoms with Crippen molar-refractivity contribution in [1.29, 1.82) is 0 Å². The molecule has 2 aliphatic rings. The fourth-order valence-corrected chi connectivity index (χ4v) is 5.52. The molecule has 1 N–H and O–H groups in total. The summed E-state index contributed by atoms with van der Waals surface area (Å²) >= 11 is 0. The lowest BCUT2D eigenvalue weighted by atomic mass is 10.0. The Labute approximate surface area is 171 Å². The maximum Gasteiger partial charge on any atom is 0.264 e. The molecule has 0 unspecified atom stereocenters. The van der Waals surface area contributed by atoms with Crippen molar-refractivity contribution < 1.29 is 17.5 Å². The number of fused-ring (bicyclic) bond motifs is 1. The minimum atomic E-state index is -3.95. The van der Waals surface area contributed by atoms with E-state index in [2.05, 4.69) is 10.2 Å². The van der Waals surface area contributed by atoms with Gasteiger partial charge in [0.15, 0.2) is 5.75 Å². The van der Waals surface area contributed by atoms with Gasteiger partial charge in [-0.2, -0.15) is 0 Å². The molecule has 0 spiro atoms. The highest BCUT2D eigenvalue weighted by molar-refractivity contribution is 7.92. The molecule has 2 aromatic rings. The van der Waals surface area contributed by atoms with Crippen molar-refractivity contribution in [2.24, 2.45) is 0 Å². The molecule has 0 radical (unpaired) electrons. The molecule has 0 aliphatic carbocycles. The number of aryl methyl sites for hydroxylation is 1. The summed E-state index contributed by atoms with van der Waals surface area (Å²) in [6, 6.07) is 9.00. The van der Waals surface area contributed by atoms with Crippen LogP contribution in [0.25, 0.3) is 0 Å². The van der Waals surface area contributed by atoms with E-state index in [-0.39, 0.29) is 11.4 Å². The molecule has 6 nitrogen and oxygen atoms in total. The maximum absolute atomic E-state index is 13.8. The van der Waals surface area contributed by atoms with Crippen LogP contribution < -0.4 is 19.3 Å². The molecule has 8 heteroatoms. The lowest BCUT2D eigenvalue weighted by Crippen LogP contribution is -2.50. The van der Waals surface area contributed by atoms with Gasteiger partial charge in [0.1, 0.15) is 11.4 Å². The van der Waals surface area contributed by atoms with Crippen molar-refractivity contribution in [2.75, 3.05) is 41.9 Å². The third-order valence-corrected chi connectivity index (χ3v) is 6.96. The van der Waals surface area contributed by atoms with Gasteiger partial charge in [-0.3, -0.25) is 4.31 Å². The summed E-state index contributed by atoms with van der Waals surface area (Å²) in [7, 11) is -3.95. The Kier molecular flexibility index (Phi) is 4.94. The number of anilines is 2. The van der Waals surface area contributed by atoms with Gasteiger partial charge in [0.25, 0.3) is 10.0 Å². The summed E-state index contributed by atoms with van der Waals surface area (Å²) in [4.78, 5) is 2.16. The Morgan fingerprint density at radius 1 is 1.10 bits per heavy atom. The zero-order valence-electron chi connectivity index (χ0n) is 16.9. The fraction of sp³-hybridized carbons (Fsp3) is 0.429. The van der Waals surface area contributed by atoms with Crippen LogP contribution in [0.3, 0.4) is 0 Å². The molecule has 29 heavy (non-hydrogen) atoms. The molecular weight excluding hydrogens is 393 g/mol. The molecular formula is C21H26FN3O3S. The maximum atomic E-state index is 13.8. The topological polar surface area (TPSA) is 61.9 Å². The number of halogens is 1. The van der Waals surface area contributed by atoms with Crippen LogP contribution in [-0.2, 0) is 10.0 Å². The quantitative estimate of drug-likeness (QED) is 0.829. The predicted octanol–water partition coefficient (Wildman–Crippen LogP) is 2.91. The summed E-state index contributed by atoms with van der Waals surface area (Å²) in [5.74, 6) is -0.0155. The monoisotopic (exact) mass is 419 g/mol. The van der Waals surface area contributed by atoms with E-state index in [4.69, 9.17) is 4.74 Å². The van der Waals surface area contributed by atoms with E-state index in [1.54, 1.807) is 0 Å². The summed E-state index contributed by atoms with van der Waals surface area (Å²) in [6.45, 7) is 9.17. The van der Waals surface area contributed by atoms with Crippen LogP contribution in [0.2, 0.25) is 0 Å². The number of sulfonamides is 1. The van der Waals surface area contributed by atoms with Crippen molar-refractivity contribution in [3.05, 3.63) is 47.8 Å². The zero-order valence-corrected chi connectivity index (χ0v) is 17.7. The van der Waals surface area contributed by atoms with Crippen LogP contribution in [0, 0.1) is 12.7 Å². The number of hydrogen-bond donors (Lipinski definition) is 1. The first kappa shape index (κ1) is 20.0. The Bertz CT molecular complexity index is 1030. The van der Waals surface area contributed by atoms with E-state index in [1.807, 2.05) is 32.9 Å². The normalized spacial score (nSPS) is 18.9. The van der Waals surface area contributed by atoms with Gasteiger partial charge in [0.05, 0.1) is 22.8 Å². The highest BCUT2D eigenvalue weighted by Crippen LogP contribution is 2.46. The molecule has 4 rings (SSSR count). The van der Waals surface area contributed by atoms with E-state index in [0.29, 0.717) is 11.4 Å². The first-order chi connectivity index (χ1) is 13.7. The Hall–Kier alpha value is -2.32. The standard InChI is InChI=1S/C21H26FN3O3S/c1-15-11-18(24-9-7-23-8-10-24)20-19(12-15)25(14-21(2,3)28-20)29(26,27)17-6-4-5-16(22)13-17/h4-6,11-13,23H,7-10,14H2,1-3H3. The first-order valence-electron chi connectivity index (χ1n) is 9.75. The second kappa shape index (κ2) is 7.18. The molecule has 156 valence electrons. The van der Waals surface area contributed by atoms with Gasteiger partial charge in [-0.25, -0.2) is 12.8 Å². The molecule has 2 aromatic carbocycles. The predicted molar refractivity (Wildman–Crippen MR) is 112 cm³/mol. The van der Waals surface area contributed by atoms with Crippen LogP contribution >= 0.6 is 0 Å². The summed E-state index contributed by atoms with van der Waals surface area (Å²) in [5, 5.41) is 3.33. The van der Waals surface area contributed by atoms with Gasteiger partial charge in [-0.05, 0) is 56.7 Å². The van der Waals surface area contributed by atoms with Crippen LogP contribution in [0.15, 0.2) is 41.3 Å². The number of ether oxygens (including phenoxy) is 1. The molecule has 0 saturated carbocycles. The Balaban J connectivity index is 1.87.